The minimum absolute atomic E-state index is 0.0227. The van der Waals surface area contributed by atoms with Crippen molar-refractivity contribution in [3.63, 3.8) is 0 Å². The number of carbonyl (C=O) groups excluding carboxylic acids is 1. The van der Waals surface area contributed by atoms with Gasteiger partial charge in [-0.2, -0.15) is 0 Å². The predicted molar refractivity (Wildman–Crippen MR) is 103 cm³/mol. The molecule has 1 amide bonds. The van der Waals surface area contributed by atoms with Crippen LogP contribution < -0.4 is 14.8 Å². The third kappa shape index (κ3) is 3.40. The lowest BCUT2D eigenvalue weighted by Crippen LogP contribution is -2.63. The van der Waals surface area contributed by atoms with Gasteiger partial charge in [0.1, 0.15) is 0 Å². The number of nitrogens with zero attached hydrogens (tertiary/aromatic N) is 1. The number of anilines is 1. The number of rotatable bonds is 6. The maximum absolute atomic E-state index is 12.9. The van der Waals surface area contributed by atoms with E-state index in [0.717, 1.165) is 30.0 Å². The van der Waals surface area contributed by atoms with Crippen LogP contribution in [0.3, 0.4) is 0 Å². The highest BCUT2D eigenvalue weighted by Gasteiger charge is 2.46. The molecule has 5 nitrogen and oxygen atoms in total. The van der Waals surface area contributed by atoms with Crippen LogP contribution in [0.2, 0.25) is 0 Å². The van der Waals surface area contributed by atoms with Crippen molar-refractivity contribution in [3.8, 4) is 11.5 Å². The Hall–Kier alpha value is -2.53. The molecule has 0 spiro atoms. The first kappa shape index (κ1) is 18.3. The number of nitrogens with one attached hydrogen (secondary N) is 1. The monoisotopic (exact) mass is 354 g/mol. The smallest absolute Gasteiger partial charge is 0.244 e. The molecular formula is C21H26N2O3. The average Bonchev–Trinajstić information content (AvgIpc) is 2.65. The number of carbonyl (C=O) groups is 1. The first-order chi connectivity index (χ1) is 12.5. The van der Waals surface area contributed by atoms with Gasteiger partial charge < -0.3 is 14.8 Å². The quantitative estimate of drug-likeness (QED) is 0.861. The van der Waals surface area contributed by atoms with E-state index in [9.17, 15) is 4.79 Å². The Labute approximate surface area is 154 Å². The summed E-state index contributed by atoms with van der Waals surface area (Å²) in [6, 6.07) is 13.7. The molecule has 5 heteroatoms. The average molecular weight is 354 g/mol. The highest BCUT2D eigenvalue weighted by molar-refractivity contribution is 5.98. The van der Waals surface area contributed by atoms with Gasteiger partial charge in [0.2, 0.25) is 5.91 Å². The Morgan fingerprint density at radius 3 is 2.46 bits per heavy atom. The minimum atomic E-state index is -0.529. The standard InChI is InChI=1S/C21H26N2O3/c1-15-8-10-17(11-9-15)22-20(24)21(2)12-13-23(21)14-16-6-5-7-18(25-3)19(16)26-4/h5-11H,12-14H2,1-4H3,(H,22,24). The molecule has 0 aliphatic carbocycles. The summed E-state index contributed by atoms with van der Waals surface area (Å²) in [5.74, 6) is 1.45. The van der Waals surface area contributed by atoms with E-state index in [1.54, 1.807) is 14.2 Å². The lowest BCUT2D eigenvalue weighted by Gasteiger charge is -2.49. The van der Waals surface area contributed by atoms with Gasteiger partial charge in [0.15, 0.2) is 11.5 Å². The molecule has 1 saturated heterocycles. The molecular weight excluding hydrogens is 328 g/mol. The van der Waals surface area contributed by atoms with Crippen LogP contribution in [-0.2, 0) is 11.3 Å². The Balaban J connectivity index is 1.74. The van der Waals surface area contributed by atoms with Crippen molar-refractivity contribution in [2.45, 2.75) is 32.4 Å². The van der Waals surface area contributed by atoms with Crippen molar-refractivity contribution in [1.29, 1.82) is 0 Å². The van der Waals surface area contributed by atoms with E-state index in [0.29, 0.717) is 12.3 Å². The van der Waals surface area contributed by atoms with Gasteiger partial charge in [-0.05, 0) is 38.5 Å². The van der Waals surface area contributed by atoms with Gasteiger partial charge in [0.05, 0.1) is 19.8 Å². The van der Waals surface area contributed by atoms with E-state index < -0.39 is 5.54 Å². The summed E-state index contributed by atoms with van der Waals surface area (Å²) in [5.41, 5.74) is 2.48. The van der Waals surface area contributed by atoms with E-state index in [1.165, 1.54) is 5.56 Å². The second-order valence-electron chi connectivity index (χ2n) is 6.92. The van der Waals surface area contributed by atoms with Gasteiger partial charge in [0.25, 0.3) is 0 Å². The molecule has 2 aromatic carbocycles. The van der Waals surface area contributed by atoms with Crippen molar-refractivity contribution in [3.05, 3.63) is 53.6 Å². The largest absolute Gasteiger partial charge is 0.493 e. The number of aryl methyl sites for hydroxylation is 1. The topological polar surface area (TPSA) is 50.8 Å². The van der Waals surface area contributed by atoms with E-state index in [2.05, 4.69) is 10.2 Å². The second kappa shape index (κ2) is 7.38. The van der Waals surface area contributed by atoms with Crippen molar-refractivity contribution < 1.29 is 14.3 Å². The zero-order valence-corrected chi connectivity index (χ0v) is 15.8. The van der Waals surface area contributed by atoms with Gasteiger partial charge in [-0.15, -0.1) is 0 Å². The highest BCUT2D eigenvalue weighted by atomic mass is 16.5. The van der Waals surface area contributed by atoms with Crippen LogP contribution >= 0.6 is 0 Å². The number of para-hydroxylation sites is 1. The number of methoxy groups -OCH3 is 2. The summed E-state index contributed by atoms with van der Waals surface area (Å²) in [5, 5.41) is 3.04. The zero-order valence-electron chi connectivity index (χ0n) is 15.8. The van der Waals surface area contributed by atoms with E-state index >= 15 is 0 Å². The maximum Gasteiger partial charge on any atom is 0.244 e. The maximum atomic E-state index is 12.9. The number of ether oxygens (including phenoxy) is 2. The Morgan fingerprint density at radius 2 is 1.88 bits per heavy atom. The van der Waals surface area contributed by atoms with Crippen LogP contribution in [0.5, 0.6) is 11.5 Å². The van der Waals surface area contributed by atoms with Gasteiger partial charge >= 0.3 is 0 Å². The van der Waals surface area contributed by atoms with Crippen molar-refractivity contribution in [1.82, 2.24) is 4.90 Å². The number of benzene rings is 2. The molecule has 1 N–H and O–H groups in total. The number of hydrogen-bond acceptors (Lipinski definition) is 4. The Kier molecular flexibility index (Phi) is 5.18. The van der Waals surface area contributed by atoms with Gasteiger partial charge in [-0.25, -0.2) is 0 Å². The van der Waals surface area contributed by atoms with Crippen molar-refractivity contribution in [2.24, 2.45) is 0 Å². The first-order valence-electron chi connectivity index (χ1n) is 8.81. The second-order valence-corrected chi connectivity index (χ2v) is 6.92. The fourth-order valence-corrected chi connectivity index (χ4v) is 3.30. The molecule has 26 heavy (non-hydrogen) atoms. The molecule has 0 saturated carbocycles. The summed E-state index contributed by atoms with van der Waals surface area (Å²) in [4.78, 5) is 15.0. The Bertz CT molecular complexity index is 788. The fourth-order valence-electron chi connectivity index (χ4n) is 3.30. The molecule has 0 radical (unpaired) electrons. The first-order valence-corrected chi connectivity index (χ1v) is 8.81. The SMILES string of the molecule is COc1cccc(CN2CCC2(C)C(=O)Nc2ccc(C)cc2)c1OC. The lowest BCUT2D eigenvalue weighted by molar-refractivity contribution is -0.136. The normalized spacial score (nSPS) is 19.5. The van der Waals surface area contributed by atoms with Crippen LogP contribution in [0.4, 0.5) is 5.69 Å². The molecule has 138 valence electrons. The van der Waals surface area contributed by atoms with Crippen LogP contribution in [0.1, 0.15) is 24.5 Å². The third-order valence-electron chi connectivity index (χ3n) is 5.21. The van der Waals surface area contributed by atoms with Gasteiger partial charge in [-0.3, -0.25) is 9.69 Å². The van der Waals surface area contributed by atoms with Crippen LogP contribution in [0.25, 0.3) is 0 Å². The number of hydrogen-bond donors (Lipinski definition) is 1. The minimum Gasteiger partial charge on any atom is -0.493 e. The number of likely N-dealkylation sites (tertiary alicyclic amines) is 1. The van der Waals surface area contributed by atoms with Crippen LogP contribution in [0.15, 0.2) is 42.5 Å². The predicted octanol–water partition coefficient (Wildman–Crippen LogP) is 3.62. The van der Waals surface area contributed by atoms with Crippen molar-refractivity contribution in [2.75, 3.05) is 26.1 Å². The molecule has 3 rings (SSSR count). The molecule has 1 atom stereocenters. The molecule has 0 bridgehead atoms. The summed E-state index contributed by atoms with van der Waals surface area (Å²) in [6.07, 6.45) is 0.830. The summed E-state index contributed by atoms with van der Waals surface area (Å²) in [6.45, 7) is 5.53. The number of amides is 1. The third-order valence-corrected chi connectivity index (χ3v) is 5.21. The van der Waals surface area contributed by atoms with E-state index in [-0.39, 0.29) is 5.91 Å². The molecule has 1 unspecified atom stereocenters. The zero-order chi connectivity index (χ0) is 18.7. The molecule has 1 aliphatic heterocycles. The van der Waals surface area contributed by atoms with E-state index in [1.807, 2.05) is 56.3 Å². The molecule has 1 heterocycles. The Morgan fingerprint density at radius 1 is 1.15 bits per heavy atom. The van der Waals surface area contributed by atoms with Crippen LogP contribution in [-0.4, -0.2) is 37.1 Å². The fraction of sp³-hybridized carbons (Fsp3) is 0.381. The van der Waals surface area contributed by atoms with Gasteiger partial charge in [0, 0.05) is 24.3 Å². The summed E-state index contributed by atoms with van der Waals surface area (Å²) < 4.78 is 10.9. The van der Waals surface area contributed by atoms with Gasteiger partial charge in [-0.1, -0.05) is 29.8 Å². The van der Waals surface area contributed by atoms with Crippen molar-refractivity contribution >= 4 is 11.6 Å². The summed E-state index contributed by atoms with van der Waals surface area (Å²) >= 11 is 0. The van der Waals surface area contributed by atoms with Crippen LogP contribution in [0, 0.1) is 6.92 Å². The molecule has 0 aromatic heterocycles. The molecule has 1 fully saturated rings. The van der Waals surface area contributed by atoms with E-state index in [4.69, 9.17) is 9.47 Å². The lowest BCUT2D eigenvalue weighted by atomic mass is 9.85. The summed E-state index contributed by atoms with van der Waals surface area (Å²) in [7, 11) is 3.27. The molecule has 1 aliphatic rings. The highest BCUT2D eigenvalue weighted by Crippen LogP contribution is 2.37. The molecule has 2 aromatic rings.